The summed E-state index contributed by atoms with van der Waals surface area (Å²) in [4.78, 5) is 27.0. The number of allylic oxidation sites excluding steroid dienone is 1. The van der Waals surface area contributed by atoms with E-state index in [2.05, 4.69) is 0 Å². The second-order valence-electron chi connectivity index (χ2n) is 6.30. The highest BCUT2D eigenvalue weighted by Gasteiger charge is 2.36. The van der Waals surface area contributed by atoms with Crippen LogP contribution in [0.1, 0.15) is 23.6 Å². The Bertz CT molecular complexity index is 893. The molecule has 26 heavy (non-hydrogen) atoms. The van der Waals surface area contributed by atoms with Crippen LogP contribution in [0.4, 0.5) is 0 Å². The molecule has 0 unspecified atom stereocenters. The van der Waals surface area contributed by atoms with E-state index in [1.165, 1.54) is 7.11 Å². The first-order valence-electron chi connectivity index (χ1n) is 8.45. The summed E-state index contributed by atoms with van der Waals surface area (Å²) >= 11 is 0. The number of carbonyl (C=O) groups is 2. The van der Waals surface area contributed by atoms with Gasteiger partial charge in [0.2, 0.25) is 0 Å². The average Bonchev–Trinajstić information content (AvgIpc) is 2.88. The van der Waals surface area contributed by atoms with Crippen LogP contribution in [0.15, 0.2) is 71.4 Å². The molecule has 0 saturated heterocycles. The van der Waals surface area contributed by atoms with Gasteiger partial charge in [0.25, 0.3) is 5.91 Å². The number of carbonyl (C=O) groups excluding carboxylic acids is 2. The second kappa shape index (κ2) is 7.40. The molecule has 4 heteroatoms. The van der Waals surface area contributed by atoms with Crippen molar-refractivity contribution in [2.75, 3.05) is 7.11 Å². The van der Waals surface area contributed by atoms with Gasteiger partial charge in [-0.25, -0.2) is 4.79 Å². The van der Waals surface area contributed by atoms with Gasteiger partial charge in [0.15, 0.2) is 0 Å². The van der Waals surface area contributed by atoms with E-state index in [1.807, 2.05) is 61.5 Å². The Morgan fingerprint density at radius 3 is 2.31 bits per heavy atom. The van der Waals surface area contributed by atoms with Gasteiger partial charge in [-0.15, -0.1) is 0 Å². The van der Waals surface area contributed by atoms with Crippen molar-refractivity contribution >= 4 is 18.0 Å². The van der Waals surface area contributed by atoms with Gasteiger partial charge in [-0.1, -0.05) is 60.2 Å². The molecule has 0 N–H and O–H groups in total. The van der Waals surface area contributed by atoms with Gasteiger partial charge in [-0.2, -0.15) is 0 Å². The number of hydrogen-bond acceptors (Lipinski definition) is 3. The Morgan fingerprint density at radius 2 is 1.69 bits per heavy atom. The van der Waals surface area contributed by atoms with Crippen molar-refractivity contribution < 1.29 is 14.3 Å². The maximum Gasteiger partial charge on any atom is 0.340 e. The lowest BCUT2D eigenvalue weighted by molar-refractivity contribution is -0.136. The van der Waals surface area contributed by atoms with Crippen molar-refractivity contribution in [3.63, 3.8) is 0 Å². The molecule has 1 aliphatic heterocycles. The first-order valence-corrected chi connectivity index (χ1v) is 8.45. The standard InChI is InChI=1S/C22H21NO3/c1-15-9-11-17(12-10-15)13-19-20(22(25)26-3)16(2)23(21(19)24)14-18-7-5-4-6-8-18/h4-13H,14H2,1-3H3/b19-13-. The smallest absolute Gasteiger partial charge is 0.340 e. The molecule has 0 aliphatic carbocycles. The van der Waals surface area contributed by atoms with Gasteiger partial charge in [-0.05, 0) is 31.1 Å². The minimum absolute atomic E-state index is 0.188. The Morgan fingerprint density at radius 1 is 1.04 bits per heavy atom. The summed E-state index contributed by atoms with van der Waals surface area (Å²) in [6.07, 6.45) is 1.75. The van der Waals surface area contributed by atoms with E-state index >= 15 is 0 Å². The number of aryl methyl sites for hydroxylation is 1. The highest BCUT2D eigenvalue weighted by atomic mass is 16.5. The fraction of sp³-hybridized carbons (Fsp3) is 0.182. The maximum atomic E-state index is 13.0. The molecule has 1 amide bonds. The number of benzene rings is 2. The molecule has 0 fully saturated rings. The van der Waals surface area contributed by atoms with Crippen LogP contribution in [0.5, 0.6) is 0 Å². The van der Waals surface area contributed by atoms with E-state index in [0.29, 0.717) is 23.4 Å². The highest BCUT2D eigenvalue weighted by molar-refractivity contribution is 6.16. The normalized spacial score (nSPS) is 15.7. The quantitative estimate of drug-likeness (QED) is 0.623. The summed E-state index contributed by atoms with van der Waals surface area (Å²) in [7, 11) is 1.33. The number of nitrogens with zero attached hydrogens (tertiary/aromatic N) is 1. The van der Waals surface area contributed by atoms with Crippen molar-refractivity contribution in [2.45, 2.75) is 20.4 Å². The topological polar surface area (TPSA) is 46.6 Å². The van der Waals surface area contributed by atoms with Crippen LogP contribution in [0.2, 0.25) is 0 Å². The maximum absolute atomic E-state index is 13.0. The largest absolute Gasteiger partial charge is 0.465 e. The number of hydrogen-bond donors (Lipinski definition) is 0. The lowest BCUT2D eigenvalue weighted by Crippen LogP contribution is -2.24. The van der Waals surface area contributed by atoms with Gasteiger partial charge in [-0.3, -0.25) is 4.79 Å². The Balaban J connectivity index is 2.02. The van der Waals surface area contributed by atoms with E-state index in [9.17, 15) is 9.59 Å². The van der Waals surface area contributed by atoms with E-state index in [1.54, 1.807) is 17.9 Å². The van der Waals surface area contributed by atoms with Crippen molar-refractivity contribution in [3.05, 3.63) is 88.1 Å². The van der Waals surface area contributed by atoms with Gasteiger partial charge < -0.3 is 9.64 Å². The summed E-state index contributed by atoms with van der Waals surface area (Å²) in [6, 6.07) is 17.5. The minimum Gasteiger partial charge on any atom is -0.465 e. The van der Waals surface area contributed by atoms with E-state index < -0.39 is 5.97 Å². The third-order valence-electron chi connectivity index (χ3n) is 4.47. The first kappa shape index (κ1) is 17.7. The third kappa shape index (κ3) is 3.45. The Hall–Kier alpha value is -3.14. The summed E-state index contributed by atoms with van der Waals surface area (Å²) in [6.45, 7) is 4.20. The van der Waals surface area contributed by atoms with Crippen molar-refractivity contribution in [2.24, 2.45) is 0 Å². The van der Waals surface area contributed by atoms with E-state index in [4.69, 9.17) is 4.74 Å². The molecule has 0 bridgehead atoms. The molecular formula is C22H21NO3. The van der Waals surface area contributed by atoms with Gasteiger partial charge in [0.1, 0.15) is 0 Å². The zero-order chi connectivity index (χ0) is 18.7. The Labute approximate surface area is 153 Å². The molecule has 132 valence electrons. The zero-order valence-electron chi connectivity index (χ0n) is 15.2. The van der Waals surface area contributed by atoms with Crippen molar-refractivity contribution in [1.29, 1.82) is 0 Å². The molecular weight excluding hydrogens is 326 g/mol. The van der Waals surface area contributed by atoms with Crippen LogP contribution < -0.4 is 0 Å². The molecule has 0 radical (unpaired) electrons. The Kier molecular flexibility index (Phi) is 5.03. The zero-order valence-corrected chi connectivity index (χ0v) is 15.2. The van der Waals surface area contributed by atoms with Crippen LogP contribution in [-0.4, -0.2) is 23.9 Å². The number of rotatable bonds is 4. The van der Waals surface area contributed by atoms with Gasteiger partial charge in [0, 0.05) is 5.70 Å². The molecule has 0 saturated carbocycles. The molecule has 0 atom stereocenters. The van der Waals surface area contributed by atoms with Crippen LogP contribution in [0.25, 0.3) is 6.08 Å². The van der Waals surface area contributed by atoms with Crippen LogP contribution in [-0.2, 0) is 20.9 Å². The van der Waals surface area contributed by atoms with Crippen molar-refractivity contribution in [1.82, 2.24) is 4.90 Å². The predicted molar refractivity (Wildman–Crippen MR) is 101 cm³/mol. The van der Waals surface area contributed by atoms with Crippen molar-refractivity contribution in [3.8, 4) is 0 Å². The second-order valence-corrected chi connectivity index (χ2v) is 6.30. The molecule has 1 aliphatic rings. The molecule has 0 spiro atoms. The number of ether oxygens (including phenoxy) is 1. The first-order chi connectivity index (χ1) is 12.5. The summed E-state index contributed by atoms with van der Waals surface area (Å²) in [5.41, 5.74) is 4.32. The summed E-state index contributed by atoms with van der Waals surface area (Å²) < 4.78 is 4.92. The summed E-state index contributed by atoms with van der Waals surface area (Å²) in [5.74, 6) is -0.683. The molecule has 0 aromatic heterocycles. The van der Waals surface area contributed by atoms with Crippen LogP contribution >= 0.6 is 0 Å². The molecule has 2 aromatic rings. The fourth-order valence-electron chi connectivity index (χ4n) is 3.01. The monoisotopic (exact) mass is 347 g/mol. The average molecular weight is 347 g/mol. The minimum atomic E-state index is -0.496. The lowest BCUT2D eigenvalue weighted by Gasteiger charge is -2.17. The molecule has 2 aromatic carbocycles. The van der Waals surface area contributed by atoms with E-state index in [0.717, 1.165) is 16.7 Å². The molecule has 4 nitrogen and oxygen atoms in total. The number of esters is 1. The SMILES string of the molecule is COC(=O)C1=C(C)N(Cc2ccccc2)C(=O)/C1=C\c1ccc(C)cc1. The molecule has 3 rings (SSSR count). The fourth-order valence-corrected chi connectivity index (χ4v) is 3.01. The van der Waals surface area contributed by atoms with E-state index in [-0.39, 0.29) is 5.91 Å². The molecule has 1 heterocycles. The highest BCUT2D eigenvalue weighted by Crippen LogP contribution is 2.32. The van der Waals surface area contributed by atoms with Gasteiger partial charge in [0.05, 0.1) is 24.8 Å². The third-order valence-corrected chi connectivity index (χ3v) is 4.47. The number of methoxy groups -OCH3 is 1. The predicted octanol–water partition coefficient (Wildman–Crippen LogP) is 3.87. The number of amides is 1. The lowest BCUT2D eigenvalue weighted by atomic mass is 10.0. The van der Waals surface area contributed by atoms with Crippen LogP contribution in [0, 0.1) is 6.92 Å². The summed E-state index contributed by atoms with van der Waals surface area (Å²) in [5, 5.41) is 0. The van der Waals surface area contributed by atoms with Crippen LogP contribution in [0.3, 0.4) is 0 Å². The van der Waals surface area contributed by atoms with Gasteiger partial charge >= 0.3 is 5.97 Å².